The first kappa shape index (κ1) is 14.5. The Bertz CT molecular complexity index is 608. The second kappa shape index (κ2) is 5.58. The van der Waals surface area contributed by atoms with Crippen molar-refractivity contribution in [1.29, 1.82) is 0 Å². The molecule has 0 amide bonds. The Kier molecular flexibility index (Phi) is 4.04. The molecule has 1 aromatic heterocycles. The van der Waals surface area contributed by atoms with E-state index in [9.17, 15) is 17.6 Å². The number of hydrogen-bond acceptors (Lipinski definition) is 2. The first-order valence-electron chi connectivity index (χ1n) is 5.88. The van der Waals surface area contributed by atoms with Gasteiger partial charge in [0.15, 0.2) is 0 Å². The highest BCUT2D eigenvalue weighted by atomic mass is 19.4. The molecule has 1 N–H and O–H groups in total. The Balaban J connectivity index is 2.52. The van der Waals surface area contributed by atoms with E-state index in [1.165, 1.54) is 12.1 Å². The summed E-state index contributed by atoms with van der Waals surface area (Å²) in [6.07, 6.45) is -2.48. The summed E-state index contributed by atoms with van der Waals surface area (Å²) in [4.78, 5) is 3.66. The first-order valence-corrected chi connectivity index (χ1v) is 5.88. The van der Waals surface area contributed by atoms with Crippen LogP contribution in [0.3, 0.4) is 0 Å². The average Bonchev–Trinajstić information content (AvgIpc) is 2.38. The van der Waals surface area contributed by atoms with Gasteiger partial charge in [-0.25, -0.2) is 4.39 Å². The van der Waals surface area contributed by atoms with Gasteiger partial charge in [-0.1, -0.05) is 12.1 Å². The van der Waals surface area contributed by atoms with E-state index in [0.717, 1.165) is 18.5 Å². The number of alkyl halides is 3. The Hall–Kier alpha value is -1.95. The zero-order valence-electron chi connectivity index (χ0n) is 10.6. The van der Waals surface area contributed by atoms with E-state index in [2.05, 4.69) is 10.3 Å². The number of pyridine rings is 1. The summed E-state index contributed by atoms with van der Waals surface area (Å²) in [6.45, 7) is 0.441. The van der Waals surface area contributed by atoms with Gasteiger partial charge in [-0.15, -0.1) is 0 Å². The normalized spacial score (nSPS) is 11.7. The molecular weight excluding hydrogens is 272 g/mol. The SMILES string of the molecule is CNCc1ccc(-c2cnccc2C(F)(F)F)c(F)c1. The number of rotatable bonds is 3. The van der Waals surface area contributed by atoms with Gasteiger partial charge in [0.2, 0.25) is 0 Å². The van der Waals surface area contributed by atoms with Gasteiger partial charge in [-0.05, 0) is 24.7 Å². The van der Waals surface area contributed by atoms with Crippen LogP contribution in [0.5, 0.6) is 0 Å². The Labute approximate surface area is 113 Å². The van der Waals surface area contributed by atoms with Crippen LogP contribution < -0.4 is 5.32 Å². The molecule has 0 saturated carbocycles. The van der Waals surface area contributed by atoms with E-state index >= 15 is 0 Å². The fourth-order valence-electron chi connectivity index (χ4n) is 1.95. The number of halogens is 4. The standard InChI is InChI=1S/C14H12F4N2/c1-19-7-9-2-3-10(13(15)6-9)11-8-20-5-4-12(11)14(16,17)18/h2-6,8,19H,7H2,1H3. The summed E-state index contributed by atoms with van der Waals surface area (Å²) in [5, 5.41) is 2.85. The van der Waals surface area contributed by atoms with E-state index in [4.69, 9.17) is 0 Å². The van der Waals surface area contributed by atoms with E-state index in [1.54, 1.807) is 13.1 Å². The van der Waals surface area contributed by atoms with E-state index < -0.39 is 17.6 Å². The van der Waals surface area contributed by atoms with Crippen LogP contribution in [0.25, 0.3) is 11.1 Å². The van der Waals surface area contributed by atoms with Crippen molar-refractivity contribution < 1.29 is 17.6 Å². The Morgan fingerprint density at radius 3 is 2.50 bits per heavy atom. The van der Waals surface area contributed by atoms with Crippen LogP contribution in [-0.2, 0) is 12.7 Å². The molecule has 0 aliphatic carbocycles. The van der Waals surface area contributed by atoms with Crippen LogP contribution in [-0.4, -0.2) is 12.0 Å². The van der Waals surface area contributed by atoms with Crippen molar-refractivity contribution >= 4 is 0 Å². The van der Waals surface area contributed by atoms with Crippen molar-refractivity contribution in [3.63, 3.8) is 0 Å². The second-order valence-corrected chi connectivity index (χ2v) is 4.26. The zero-order chi connectivity index (χ0) is 14.8. The molecule has 20 heavy (non-hydrogen) atoms. The third-order valence-corrected chi connectivity index (χ3v) is 2.83. The van der Waals surface area contributed by atoms with Crippen molar-refractivity contribution in [3.8, 4) is 11.1 Å². The summed E-state index contributed by atoms with van der Waals surface area (Å²) in [7, 11) is 1.70. The lowest BCUT2D eigenvalue weighted by Crippen LogP contribution is -2.08. The molecule has 0 aliphatic heterocycles. The van der Waals surface area contributed by atoms with Gasteiger partial charge in [0, 0.05) is 30.1 Å². The predicted molar refractivity (Wildman–Crippen MR) is 67.4 cm³/mol. The third kappa shape index (κ3) is 2.96. The Morgan fingerprint density at radius 1 is 1.15 bits per heavy atom. The van der Waals surface area contributed by atoms with Gasteiger partial charge < -0.3 is 5.32 Å². The number of nitrogens with zero attached hydrogens (tertiary/aromatic N) is 1. The molecule has 0 spiro atoms. The number of benzene rings is 1. The smallest absolute Gasteiger partial charge is 0.316 e. The van der Waals surface area contributed by atoms with Crippen molar-refractivity contribution in [2.75, 3.05) is 7.05 Å². The fraction of sp³-hybridized carbons (Fsp3) is 0.214. The molecule has 0 unspecified atom stereocenters. The van der Waals surface area contributed by atoms with E-state index in [-0.39, 0.29) is 11.1 Å². The molecule has 0 radical (unpaired) electrons. The monoisotopic (exact) mass is 284 g/mol. The molecule has 2 nitrogen and oxygen atoms in total. The van der Waals surface area contributed by atoms with Crippen LogP contribution in [0.4, 0.5) is 17.6 Å². The number of aromatic nitrogens is 1. The predicted octanol–water partition coefficient (Wildman–Crippen LogP) is 3.63. The number of hydrogen-bond donors (Lipinski definition) is 1. The maximum absolute atomic E-state index is 14.0. The van der Waals surface area contributed by atoms with Crippen LogP contribution in [0.2, 0.25) is 0 Å². The highest BCUT2D eigenvalue weighted by molar-refractivity contribution is 5.68. The molecule has 0 saturated heterocycles. The van der Waals surface area contributed by atoms with Crippen LogP contribution >= 0.6 is 0 Å². The summed E-state index contributed by atoms with van der Waals surface area (Å²) in [6, 6.07) is 4.99. The molecule has 2 rings (SSSR count). The van der Waals surface area contributed by atoms with Gasteiger partial charge in [0.1, 0.15) is 5.82 Å². The molecule has 2 aromatic rings. The van der Waals surface area contributed by atoms with Gasteiger partial charge in [-0.3, -0.25) is 4.98 Å². The van der Waals surface area contributed by atoms with E-state index in [1.807, 2.05) is 0 Å². The Morgan fingerprint density at radius 2 is 1.90 bits per heavy atom. The van der Waals surface area contributed by atoms with Crippen molar-refractivity contribution in [1.82, 2.24) is 10.3 Å². The molecule has 0 atom stereocenters. The van der Waals surface area contributed by atoms with Gasteiger partial charge in [-0.2, -0.15) is 13.2 Å². The number of nitrogens with one attached hydrogen (secondary N) is 1. The molecule has 0 fully saturated rings. The lowest BCUT2D eigenvalue weighted by Gasteiger charge is -2.13. The van der Waals surface area contributed by atoms with Gasteiger partial charge in [0.05, 0.1) is 5.56 Å². The molecule has 1 heterocycles. The van der Waals surface area contributed by atoms with Gasteiger partial charge in [0.25, 0.3) is 0 Å². The lowest BCUT2D eigenvalue weighted by molar-refractivity contribution is -0.137. The molecule has 0 aliphatic rings. The van der Waals surface area contributed by atoms with Crippen LogP contribution in [0.1, 0.15) is 11.1 Å². The van der Waals surface area contributed by atoms with Crippen molar-refractivity contribution in [2.45, 2.75) is 12.7 Å². The van der Waals surface area contributed by atoms with E-state index in [0.29, 0.717) is 12.1 Å². The third-order valence-electron chi connectivity index (χ3n) is 2.83. The van der Waals surface area contributed by atoms with Crippen molar-refractivity contribution in [3.05, 3.63) is 53.6 Å². The summed E-state index contributed by atoms with van der Waals surface area (Å²) < 4.78 is 52.7. The largest absolute Gasteiger partial charge is 0.417 e. The minimum Gasteiger partial charge on any atom is -0.316 e. The second-order valence-electron chi connectivity index (χ2n) is 4.26. The quantitative estimate of drug-likeness (QED) is 0.871. The summed E-state index contributed by atoms with van der Waals surface area (Å²) in [5.41, 5.74) is -0.599. The minimum atomic E-state index is -4.55. The maximum atomic E-state index is 14.0. The molecule has 1 aromatic carbocycles. The summed E-state index contributed by atoms with van der Waals surface area (Å²) >= 11 is 0. The summed E-state index contributed by atoms with van der Waals surface area (Å²) in [5.74, 6) is -0.698. The van der Waals surface area contributed by atoms with Crippen molar-refractivity contribution in [2.24, 2.45) is 0 Å². The maximum Gasteiger partial charge on any atom is 0.417 e. The highest BCUT2D eigenvalue weighted by Crippen LogP contribution is 2.37. The molecule has 6 heteroatoms. The van der Waals surface area contributed by atoms with Crippen LogP contribution in [0, 0.1) is 5.82 Å². The topological polar surface area (TPSA) is 24.9 Å². The van der Waals surface area contributed by atoms with Crippen LogP contribution in [0.15, 0.2) is 36.7 Å². The minimum absolute atomic E-state index is 0.106. The fourth-order valence-corrected chi connectivity index (χ4v) is 1.95. The first-order chi connectivity index (χ1) is 9.43. The van der Waals surface area contributed by atoms with Gasteiger partial charge >= 0.3 is 6.18 Å². The molecule has 106 valence electrons. The lowest BCUT2D eigenvalue weighted by atomic mass is 10.00. The molecule has 0 bridgehead atoms. The highest BCUT2D eigenvalue weighted by Gasteiger charge is 2.34. The average molecular weight is 284 g/mol. The zero-order valence-corrected chi connectivity index (χ0v) is 10.6. The molecular formula is C14H12F4N2.